The van der Waals surface area contributed by atoms with Crippen molar-refractivity contribution in [3.8, 4) is 34.5 Å². The van der Waals surface area contributed by atoms with Crippen LogP contribution in [0.2, 0.25) is 0 Å². The summed E-state index contributed by atoms with van der Waals surface area (Å²) in [5.41, 5.74) is 2.42. The van der Waals surface area contributed by atoms with E-state index >= 15 is 0 Å². The van der Waals surface area contributed by atoms with Gasteiger partial charge in [0.25, 0.3) is 0 Å². The van der Waals surface area contributed by atoms with Crippen molar-refractivity contribution in [1.29, 1.82) is 0 Å². The molecule has 0 radical (unpaired) electrons. The molecule has 0 aliphatic carbocycles. The molecule has 2 heterocycles. The van der Waals surface area contributed by atoms with E-state index in [4.69, 9.17) is 40.0 Å². The van der Waals surface area contributed by atoms with Crippen LogP contribution in [0, 0.1) is 11.6 Å². The van der Waals surface area contributed by atoms with Gasteiger partial charge >= 0.3 is 0 Å². The van der Waals surface area contributed by atoms with E-state index < -0.39 is 31.7 Å². The Bertz CT molecular complexity index is 2240. The number of methoxy groups -OCH3 is 2. The smallest absolute Gasteiger partial charge is 0.232 e. The van der Waals surface area contributed by atoms with Crippen LogP contribution in [-0.2, 0) is 42.4 Å². The third kappa shape index (κ3) is 18.6. The van der Waals surface area contributed by atoms with Crippen molar-refractivity contribution < 1.29 is 54.0 Å². The molecule has 0 unspecified atom stereocenters. The number of aryl methyl sites for hydroxylation is 2. The Labute approximate surface area is 383 Å². The fourth-order valence-corrected chi connectivity index (χ4v) is 8.59. The summed E-state index contributed by atoms with van der Waals surface area (Å²) in [6.07, 6.45) is 2.48. The van der Waals surface area contributed by atoms with Crippen molar-refractivity contribution in [2.45, 2.75) is 47.0 Å². The van der Waals surface area contributed by atoms with Gasteiger partial charge in [-0.2, -0.15) is 0 Å². The summed E-state index contributed by atoms with van der Waals surface area (Å²) in [6.45, 7) is 11.5. The molecule has 0 atom stereocenters. The lowest BCUT2D eigenvalue weighted by Crippen LogP contribution is -2.37. The van der Waals surface area contributed by atoms with E-state index in [9.17, 15) is 25.6 Å². The Morgan fingerprint density at radius 3 is 1.45 bits per heavy atom. The zero-order valence-electron chi connectivity index (χ0n) is 36.2. The van der Waals surface area contributed by atoms with Gasteiger partial charge in [0, 0.05) is 44.2 Å². The molecule has 2 saturated heterocycles. The molecule has 2 aliphatic rings. The lowest BCUT2D eigenvalue weighted by Gasteiger charge is -2.26. The molecule has 0 aromatic heterocycles. The Morgan fingerprint density at radius 2 is 1.08 bits per heavy atom. The molecule has 19 heteroatoms. The highest BCUT2D eigenvalue weighted by Crippen LogP contribution is 2.36. The highest BCUT2D eigenvalue weighted by molar-refractivity contribution is 7.92. The van der Waals surface area contributed by atoms with Crippen LogP contribution in [0.3, 0.4) is 0 Å². The molecule has 4 aromatic rings. The summed E-state index contributed by atoms with van der Waals surface area (Å²) in [7, 11) is -4.11. The van der Waals surface area contributed by atoms with Crippen LogP contribution in [0.5, 0.6) is 34.5 Å². The maximum atomic E-state index is 14.6. The summed E-state index contributed by atoms with van der Waals surface area (Å²) in [4.78, 5) is 2.17. The minimum Gasteiger partial charge on any atom is -0.493 e. The summed E-state index contributed by atoms with van der Waals surface area (Å²) < 4.78 is 114. The topological polar surface area (TPSA) is 163 Å². The number of alkyl halides is 1. The molecule has 6 rings (SSSR count). The second kappa shape index (κ2) is 27.8. The molecule has 2 aliphatic heterocycles. The molecule has 14 nitrogen and oxygen atoms in total. The summed E-state index contributed by atoms with van der Waals surface area (Å²) in [6, 6.07) is 18.7. The molecule has 2 fully saturated rings. The molecular weight excluding hydrogens is 894 g/mol. The number of halogens is 3. The minimum atomic E-state index is -3.58. The SMILES string of the molecule is C.C1COCCN1.CCc1ccc(Oc2ccc(NS(=O)(=O)CCCCl)cc2F)c(OC)c1.CCc1ccc(Oc2ccc(NS(=O)(=O)CCCN3CCOCC3)cc2F)c(OC)c1. The van der Waals surface area contributed by atoms with Crippen molar-refractivity contribution in [1.82, 2.24) is 10.2 Å². The van der Waals surface area contributed by atoms with E-state index in [1.807, 2.05) is 38.1 Å². The third-order valence-electron chi connectivity index (χ3n) is 9.51. The summed E-state index contributed by atoms with van der Waals surface area (Å²) in [5, 5.41) is 3.16. The van der Waals surface area contributed by atoms with Crippen molar-refractivity contribution in [3.63, 3.8) is 0 Å². The van der Waals surface area contributed by atoms with Crippen LogP contribution in [0.4, 0.5) is 20.2 Å². The van der Waals surface area contributed by atoms with Crippen LogP contribution in [0.1, 0.15) is 45.2 Å². The zero-order valence-corrected chi connectivity index (χ0v) is 38.6. The molecule has 0 amide bonds. The minimum absolute atomic E-state index is 0. The van der Waals surface area contributed by atoms with Crippen molar-refractivity contribution in [3.05, 3.63) is 95.6 Å². The van der Waals surface area contributed by atoms with Crippen molar-refractivity contribution in [2.24, 2.45) is 0 Å². The number of hydrogen-bond donors (Lipinski definition) is 3. The van der Waals surface area contributed by atoms with Gasteiger partial charge in [-0.05, 0) is 91.9 Å². The molecule has 64 heavy (non-hydrogen) atoms. The predicted molar refractivity (Wildman–Crippen MR) is 250 cm³/mol. The molecule has 4 aromatic carbocycles. The monoisotopic (exact) mass is 956 g/mol. The number of rotatable bonds is 19. The van der Waals surface area contributed by atoms with Gasteiger partial charge in [-0.3, -0.25) is 14.3 Å². The number of sulfonamides is 2. The first-order valence-electron chi connectivity index (χ1n) is 20.7. The maximum Gasteiger partial charge on any atom is 0.232 e. The number of hydrogen-bond acceptors (Lipinski definition) is 12. The van der Waals surface area contributed by atoms with Gasteiger partial charge in [0.05, 0.1) is 63.5 Å². The van der Waals surface area contributed by atoms with Gasteiger partial charge in [0.1, 0.15) is 0 Å². The molecule has 356 valence electrons. The number of nitrogens with one attached hydrogen (secondary N) is 3. The average Bonchev–Trinajstić information content (AvgIpc) is 3.28. The van der Waals surface area contributed by atoms with E-state index in [1.165, 1.54) is 38.5 Å². The van der Waals surface area contributed by atoms with Crippen LogP contribution in [-0.4, -0.2) is 112 Å². The van der Waals surface area contributed by atoms with Crippen LogP contribution >= 0.6 is 11.6 Å². The number of benzene rings is 4. The highest BCUT2D eigenvalue weighted by Gasteiger charge is 2.17. The Hall–Kier alpha value is -4.43. The lowest BCUT2D eigenvalue weighted by atomic mass is 10.1. The summed E-state index contributed by atoms with van der Waals surface area (Å²) >= 11 is 5.50. The van der Waals surface area contributed by atoms with Gasteiger partial charge in [0.15, 0.2) is 46.1 Å². The molecule has 3 N–H and O–H groups in total. The predicted octanol–water partition coefficient (Wildman–Crippen LogP) is 8.45. The molecular formula is C45H63ClF2N4O10S2. The van der Waals surface area contributed by atoms with Gasteiger partial charge in [-0.1, -0.05) is 33.4 Å². The first kappa shape index (κ1) is 53.9. The van der Waals surface area contributed by atoms with Crippen LogP contribution < -0.4 is 33.7 Å². The van der Waals surface area contributed by atoms with Gasteiger partial charge < -0.3 is 33.7 Å². The molecule has 0 bridgehead atoms. The van der Waals surface area contributed by atoms with E-state index in [0.717, 1.165) is 75.5 Å². The second-order valence-electron chi connectivity index (χ2n) is 14.2. The van der Waals surface area contributed by atoms with Gasteiger partial charge in [-0.15, -0.1) is 11.6 Å². The fourth-order valence-electron chi connectivity index (χ4n) is 6.09. The van der Waals surface area contributed by atoms with Crippen LogP contribution in [0.25, 0.3) is 0 Å². The third-order valence-corrected chi connectivity index (χ3v) is 12.5. The Kier molecular flexibility index (Phi) is 23.4. The molecule has 0 spiro atoms. The van der Waals surface area contributed by atoms with Crippen LogP contribution in [0.15, 0.2) is 72.8 Å². The number of morpholine rings is 2. The first-order chi connectivity index (χ1) is 30.3. The van der Waals surface area contributed by atoms with Crippen molar-refractivity contribution in [2.75, 3.05) is 100 Å². The Balaban J connectivity index is 0.000000299. The highest BCUT2D eigenvalue weighted by atomic mass is 35.5. The Morgan fingerprint density at radius 1 is 0.641 bits per heavy atom. The largest absolute Gasteiger partial charge is 0.493 e. The molecule has 0 saturated carbocycles. The standard InChI is InChI=1S/C22H29FN2O5S.C18H21ClFNO4S.C4H9NO.CH4/c1-3-17-5-7-21(22(15-17)28-2)30-20-8-6-18(16-19(20)23)24-31(26,27)14-4-9-25-10-12-29-13-11-25;1-3-13-5-7-17(18(11-13)24-2)25-16-8-6-14(12-15(16)20)21-26(22,23)10-4-9-19;1-3-6-4-2-5-1;/h5-8,15-16,24H,3-4,9-14H2,1-2H3;5-8,11-12,21H,3-4,9-10H2,1-2H3;5H,1-4H2;1H4. The van der Waals surface area contributed by atoms with E-state index in [-0.39, 0.29) is 47.7 Å². The zero-order chi connectivity index (χ0) is 45.7. The summed E-state index contributed by atoms with van der Waals surface area (Å²) in [5.74, 6) is 0.421. The first-order valence-corrected chi connectivity index (χ1v) is 24.6. The van der Waals surface area contributed by atoms with Gasteiger partial charge in [-0.25, -0.2) is 25.6 Å². The van der Waals surface area contributed by atoms with E-state index in [2.05, 4.69) is 19.7 Å². The normalized spacial score (nSPS) is 14.0. The van der Waals surface area contributed by atoms with E-state index in [0.29, 0.717) is 55.6 Å². The average molecular weight is 958 g/mol. The number of anilines is 2. The van der Waals surface area contributed by atoms with E-state index in [1.54, 1.807) is 12.1 Å². The lowest BCUT2D eigenvalue weighted by molar-refractivity contribution is 0.0381. The quantitative estimate of drug-likeness (QED) is 0.0771. The second-order valence-corrected chi connectivity index (χ2v) is 18.3. The maximum absolute atomic E-state index is 14.6. The van der Waals surface area contributed by atoms with Crippen molar-refractivity contribution >= 4 is 43.0 Å². The number of nitrogens with zero attached hydrogens (tertiary/aromatic N) is 1. The fraction of sp³-hybridized carbons (Fsp3) is 0.467. The van der Waals surface area contributed by atoms with Gasteiger partial charge in [0.2, 0.25) is 20.0 Å². The number of ether oxygens (including phenoxy) is 6.